The van der Waals surface area contributed by atoms with E-state index in [0.29, 0.717) is 31.6 Å². The van der Waals surface area contributed by atoms with E-state index in [9.17, 15) is 14.7 Å². The summed E-state index contributed by atoms with van der Waals surface area (Å²) in [4.78, 5) is 28.7. The molecule has 37 heavy (non-hydrogen) atoms. The summed E-state index contributed by atoms with van der Waals surface area (Å²) in [6, 6.07) is 11.8. The van der Waals surface area contributed by atoms with Crippen LogP contribution in [0.15, 0.2) is 76.6 Å². The van der Waals surface area contributed by atoms with E-state index in [1.54, 1.807) is 12.5 Å². The second-order valence-electron chi connectivity index (χ2n) is 10.1. The first-order chi connectivity index (χ1) is 17.8. The quantitative estimate of drug-likeness (QED) is 0.358. The number of hydrogen-bond donors (Lipinski definition) is 3. The van der Waals surface area contributed by atoms with Crippen molar-refractivity contribution in [1.29, 1.82) is 0 Å². The predicted octanol–water partition coefficient (Wildman–Crippen LogP) is 3.99. The van der Waals surface area contributed by atoms with Crippen molar-refractivity contribution in [3.8, 4) is 0 Å². The Balaban J connectivity index is 1.91. The van der Waals surface area contributed by atoms with Gasteiger partial charge < -0.3 is 25.5 Å². The number of primary amides is 1. The SMILES string of the molecule is CCCN(CCC)C(=O)C1=CC(C)=CC(C(N)=O)([C@H](Cc2ccoc2)[C@@H](O)CNCc2ccccc2)C1. The van der Waals surface area contributed by atoms with Gasteiger partial charge in [0, 0.05) is 37.7 Å². The van der Waals surface area contributed by atoms with E-state index >= 15 is 0 Å². The third-order valence-corrected chi connectivity index (χ3v) is 7.07. The van der Waals surface area contributed by atoms with Crippen LogP contribution in [0.25, 0.3) is 0 Å². The van der Waals surface area contributed by atoms with E-state index in [-0.39, 0.29) is 18.9 Å². The highest BCUT2D eigenvalue weighted by Gasteiger charge is 2.48. The second kappa shape index (κ2) is 13.4. The summed E-state index contributed by atoms with van der Waals surface area (Å²) >= 11 is 0. The number of allylic oxidation sites excluding steroid dienone is 2. The Morgan fingerprint density at radius 1 is 1.14 bits per heavy atom. The number of rotatable bonds is 14. The predicted molar refractivity (Wildman–Crippen MR) is 145 cm³/mol. The Morgan fingerprint density at radius 3 is 2.43 bits per heavy atom. The molecule has 0 bridgehead atoms. The van der Waals surface area contributed by atoms with Gasteiger partial charge >= 0.3 is 0 Å². The van der Waals surface area contributed by atoms with Gasteiger partial charge in [-0.25, -0.2) is 0 Å². The lowest BCUT2D eigenvalue weighted by Crippen LogP contribution is -2.51. The molecule has 0 radical (unpaired) electrons. The zero-order valence-corrected chi connectivity index (χ0v) is 22.3. The van der Waals surface area contributed by atoms with Gasteiger partial charge in [-0.15, -0.1) is 0 Å². The number of benzene rings is 1. The number of aliphatic hydroxyl groups excluding tert-OH is 1. The van der Waals surface area contributed by atoms with Gasteiger partial charge in [0.15, 0.2) is 0 Å². The van der Waals surface area contributed by atoms with E-state index < -0.39 is 23.3 Å². The molecule has 0 saturated carbocycles. The van der Waals surface area contributed by atoms with Crippen LogP contribution in [0.3, 0.4) is 0 Å². The minimum Gasteiger partial charge on any atom is -0.472 e. The number of nitrogens with zero attached hydrogens (tertiary/aromatic N) is 1. The molecule has 2 amide bonds. The van der Waals surface area contributed by atoms with Crippen LogP contribution in [0.5, 0.6) is 0 Å². The van der Waals surface area contributed by atoms with E-state index in [2.05, 4.69) is 5.32 Å². The summed E-state index contributed by atoms with van der Waals surface area (Å²) in [5.74, 6) is -1.18. The molecule has 1 aliphatic carbocycles. The van der Waals surface area contributed by atoms with Gasteiger partial charge in [-0.05, 0) is 49.8 Å². The third kappa shape index (κ3) is 7.21. The molecule has 7 heteroatoms. The number of nitrogens with two attached hydrogens (primary N) is 1. The van der Waals surface area contributed by atoms with Crippen LogP contribution in [0.4, 0.5) is 0 Å². The molecule has 0 aliphatic heterocycles. The Kier molecular flexibility index (Phi) is 10.3. The van der Waals surface area contributed by atoms with Crippen molar-refractivity contribution in [1.82, 2.24) is 10.2 Å². The van der Waals surface area contributed by atoms with Gasteiger partial charge in [0.1, 0.15) is 0 Å². The van der Waals surface area contributed by atoms with Gasteiger partial charge in [-0.1, -0.05) is 61.9 Å². The van der Waals surface area contributed by atoms with E-state index in [1.807, 2.05) is 74.2 Å². The smallest absolute Gasteiger partial charge is 0.249 e. The summed E-state index contributed by atoms with van der Waals surface area (Å²) in [7, 11) is 0. The Bertz CT molecular complexity index is 1070. The maximum Gasteiger partial charge on any atom is 0.249 e. The number of aliphatic hydroxyl groups is 1. The van der Waals surface area contributed by atoms with Crippen molar-refractivity contribution >= 4 is 11.8 Å². The molecular weight excluding hydrogens is 466 g/mol. The lowest BCUT2D eigenvalue weighted by molar-refractivity contribution is -0.132. The van der Waals surface area contributed by atoms with Crippen LogP contribution in [0, 0.1) is 11.3 Å². The maximum absolute atomic E-state index is 13.6. The Hall–Kier alpha value is -3.16. The average molecular weight is 508 g/mol. The fraction of sp³-hybridized carbons (Fsp3) is 0.467. The van der Waals surface area contributed by atoms with Crippen molar-refractivity contribution < 1.29 is 19.1 Å². The average Bonchev–Trinajstić information content (AvgIpc) is 3.40. The molecule has 2 aromatic rings. The first kappa shape index (κ1) is 28.4. The van der Waals surface area contributed by atoms with Crippen LogP contribution < -0.4 is 11.1 Å². The molecule has 0 saturated heterocycles. The van der Waals surface area contributed by atoms with Crippen molar-refractivity contribution in [2.45, 2.75) is 59.1 Å². The first-order valence-corrected chi connectivity index (χ1v) is 13.2. The van der Waals surface area contributed by atoms with Crippen LogP contribution in [-0.2, 0) is 22.6 Å². The second-order valence-corrected chi connectivity index (χ2v) is 10.1. The first-order valence-electron chi connectivity index (χ1n) is 13.2. The summed E-state index contributed by atoms with van der Waals surface area (Å²) < 4.78 is 5.28. The van der Waals surface area contributed by atoms with Crippen molar-refractivity contribution in [2.24, 2.45) is 17.1 Å². The van der Waals surface area contributed by atoms with Crippen molar-refractivity contribution in [3.63, 3.8) is 0 Å². The van der Waals surface area contributed by atoms with Gasteiger partial charge in [0.2, 0.25) is 11.8 Å². The highest BCUT2D eigenvalue weighted by molar-refractivity contribution is 5.96. The van der Waals surface area contributed by atoms with Crippen molar-refractivity contribution in [2.75, 3.05) is 19.6 Å². The summed E-state index contributed by atoms with van der Waals surface area (Å²) in [5, 5.41) is 14.8. The molecular formula is C30H41N3O4. The topological polar surface area (TPSA) is 109 Å². The number of carbonyl (C=O) groups is 2. The number of amides is 2. The van der Waals surface area contributed by atoms with Gasteiger partial charge in [-0.2, -0.15) is 0 Å². The summed E-state index contributed by atoms with van der Waals surface area (Å²) in [6.07, 6.45) is 8.25. The minimum absolute atomic E-state index is 0.0690. The van der Waals surface area contributed by atoms with Gasteiger partial charge in [0.25, 0.3) is 0 Å². The largest absolute Gasteiger partial charge is 0.472 e. The fourth-order valence-electron chi connectivity index (χ4n) is 5.34. The molecule has 4 N–H and O–H groups in total. The molecule has 3 rings (SSSR count). The summed E-state index contributed by atoms with van der Waals surface area (Å²) in [6.45, 7) is 8.13. The number of nitrogens with one attached hydrogen (secondary N) is 1. The molecule has 1 unspecified atom stereocenters. The lowest BCUT2D eigenvalue weighted by atomic mass is 9.63. The number of furan rings is 1. The minimum atomic E-state index is -1.22. The fourth-order valence-corrected chi connectivity index (χ4v) is 5.34. The molecule has 0 spiro atoms. The van der Waals surface area contributed by atoms with Gasteiger partial charge in [-0.3, -0.25) is 9.59 Å². The molecule has 7 nitrogen and oxygen atoms in total. The van der Waals surface area contributed by atoms with Crippen LogP contribution >= 0.6 is 0 Å². The standard InChI is InChI=1S/C30H41N3O4/c1-4-12-33(13-5-2)28(35)25-15-22(3)17-30(18-25,29(31)36)26(16-24-11-14-37-21-24)27(34)20-32-19-23-9-7-6-8-10-23/h6-11,14-15,17,21,26-27,32,34H,4-5,12-13,16,18-20H2,1-3H3,(H2,31,36)/t26-,27+,30?/m1/s1. The van der Waals surface area contributed by atoms with E-state index in [1.165, 1.54) is 0 Å². The Morgan fingerprint density at radius 2 is 1.84 bits per heavy atom. The highest BCUT2D eigenvalue weighted by Crippen LogP contribution is 2.44. The lowest BCUT2D eigenvalue weighted by Gasteiger charge is -2.41. The third-order valence-electron chi connectivity index (χ3n) is 7.07. The zero-order valence-electron chi connectivity index (χ0n) is 22.3. The van der Waals surface area contributed by atoms with Crippen LogP contribution in [0.2, 0.25) is 0 Å². The summed E-state index contributed by atoms with van der Waals surface area (Å²) in [5.41, 5.74) is 8.21. The number of hydrogen-bond acceptors (Lipinski definition) is 5. The van der Waals surface area contributed by atoms with Gasteiger partial charge in [0.05, 0.1) is 24.0 Å². The Labute approximate surface area is 220 Å². The molecule has 1 heterocycles. The van der Waals surface area contributed by atoms with Crippen molar-refractivity contribution in [3.05, 3.63) is 83.3 Å². The molecule has 3 atom stereocenters. The van der Waals surface area contributed by atoms with Crippen LogP contribution in [-0.4, -0.2) is 47.6 Å². The maximum atomic E-state index is 13.6. The number of carbonyl (C=O) groups excluding carboxylic acids is 2. The highest BCUT2D eigenvalue weighted by atomic mass is 16.3. The molecule has 1 aromatic carbocycles. The molecule has 1 aliphatic rings. The molecule has 0 fully saturated rings. The van der Waals surface area contributed by atoms with E-state index in [4.69, 9.17) is 10.2 Å². The molecule has 1 aromatic heterocycles. The monoisotopic (exact) mass is 507 g/mol. The van der Waals surface area contributed by atoms with Crippen LogP contribution in [0.1, 0.15) is 51.2 Å². The zero-order chi connectivity index (χ0) is 26.8. The molecule has 200 valence electrons. The normalized spacial score (nSPS) is 19.0. The van der Waals surface area contributed by atoms with E-state index in [0.717, 1.165) is 29.5 Å².